The Morgan fingerprint density at radius 2 is 2.15 bits per heavy atom. The van der Waals surface area contributed by atoms with Gasteiger partial charge >= 0.3 is 11.9 Å². The van der Waals surface area contributed by atoms with E-state index >= 15 is 0 Å². The summed E-state index contributed by atoms with van der Waals surface area (Å²) in [6.45, 7) is 1.18. The summed E-state index contributed by atoms with van der Waals surface area (Å²) in [6, 6.07) is 1.31. The number of carbonyl (C=O) groups excluding carboxylic acids is 2. The van der Waals surface area contributed by atoms with Gasteiger partial charge in [0.15, 0.2) is 0 Å². The minimum absolute atomic E-state index is 0.240. The Labute approximate surface area is 117 Å². The van der Waals surface area contributed by atoms with Crippen molar-refractivity contribution in [3.05, 3.63) is 23.7 Å². The van der Waals surface area contributed by atoms with E-state index in [0.29, 0.717) is 17.9 Å². The average Bonchev–Trinajstić information content (AvgIpc) is 2.94. The van der Waals surface area contributed by atoms with Crippen LogP contribution < -0.4 is 0 Å². The number of ether oxygens (including phenoxy) is 2. The first kappa shape index (κ1) is 14.6. The maximum absolute atomic E-state index is 11.8. The van der Waals surface area contributed by atoms with E-state index in [4.69, 9.17) is 13.9 Å². The molecule has 1 fully saturated rings. The highest BCUT2D eigenvalue weighted by Gasteiger charge is 2.31. The molecule has 0 unspecified atom stereocenters. The lowest BCUT2D eigenvalue weighted by Crippen LogP contribution is -2.44. The van der Waals surface area contributed by atoms with E-state index in [1.54, 1.807) is 6.07 Å². The summed E-state index contributed by atoms with van der Waals surface area (Å²) in [7, 11) is 2.72. The molecule has 0 amide bonds. The molecule has 0 radical (unpaired) electrons. The summed E-state index contributed by atoms with van der Waals surface area (Å²) in [5.41, 5.74) is 0.404. The maximum atomic E-state index is 11.8. The van der Waals surface area contributed by atoms with Crippen molar-refractivity contribution in [1.29, 1.82) is 0 Å². The van der Waals surface area contributed by atoms with E-state index in [2.05, 4.69) is 0 Å². The molecule has 0 aromatic carbocycles. The van der Waals surface area contributed by atoms with E-state index < -0.39 is 5.97 Å². The van der Waals surface area contributed by atoms with Crippen molar-refractivity contribution >= 4 is 11.9 Å². The van der Waals surface area contributed by atoms with Crippen molar-refractivity contribution in [2.75, 3.05) is 20.8 Å². The molecule has 6 heteroatoms. The molecule has 1 saturated heterocycles. The number of likely N-dealkylation sites (tertiary alicyclic amines) is 1. The molecule has 2 heterocycles. The number of piperidine rings is 1. The van der Waals surface area contributed by atoms with Crippen LogP contribution in [0.1, 0.15) is 35.4 Å². The zero-order valence-electron chi connectivity index (χ0n) is 11.8. The molecule has 0 N–H and O–H groups in total. The second-order valence-electron chi connectivity index (χ2n) is 4.75. The van der Waals surface area contributed by atoms with Gasteiger partial charge in [0.25, 0.3) is 0 Å². The fourth-order valence-electron chi connectivity index (χ4n) is 2.52. The normalized spacial score (nSPS) is 19.6. The van der Waals surface area contributed by atoms with Gasteiger partial charge in [-0.05, 0) is 25.5 Å². The van der Waals surface area contributed by atoms with E-state index in [1.165, 1.54) is 20.5 Å². The third-order valence-electron chi connectivity index (χ3n) is 3.58. The minimum Gasteiger partial charge on any atom is -0.468 e. The molecule has 1 aliphatic rings. The lowest BCUT2D eigenvalue weighted by atomic mass is 10.0. The molecular weight excluding hydrogens is 262 g/mol. The minimum atomic E-state index is -0.430. The highest BCUT2D eigenvalue weighted by molar-refractivity contribution is 5.90. The van der Waals surface area contributed by atoms with Gasteiger partial charge in [0.1, 0.15) is 17.4 Å². The molecule has 1 atom stereocenters. The number of nitrogens with zero attached hydrogens (tertiary/aromatic N) is 1. The van der Waals surface area contributed by atoms with Gasteiger partial charge in [-0.1, -0.05) is 6.42 Å². The van der Waals surface area contributed by atoms with Crippen LogP contribution in [0.5, 0.6) is 0 Å². The molecule has 0 spiro atoms. The Morgan fingerprint density at radius 1 is 1.35 bits per heavy atom. The molecule has 0 bridgehead atoms. The van der Waals surface area contributed by atoms with Crippen LogP contribution in [0.15, 0.2) is 16.7 Å². The fraction of sp³-hybridized carbons (Fsp3) is 0.571. The van der Waals surface area contributed by atoms with E-state index in [0.717, 1.165) is 25.8 Å². The van der Waals surface area contributed by atoms with Crippen LogP contribution >= 0.6 is 0 Å². The summed E-state index contributed by atoms with van der Waals surface area (Å²) in [5.74, 6) is -0.149. The second kappa shape index (κ2) is 6.56. The lowest BCUT2D eigenvalue weighted by molar-refractivity contribution is -0.148. The quantitative estimate of drug-likeness (QED) is 0.781. The van der Waals surface area contributed by atoms with Crippen LogP contribution in [0.25, 0.3) is 0 Å². The number of carbonyl (C=O) groups is 2. The maximum Gasteiger partial charge on any atom is 0.341 e. The number of rotatable bonds is 4. The molecular formula is C14H19NO5. The standard InChI is InChI=1S/C14H19NO5/c1-18-13(16)10-6-8-20-12(10)9-15-7-4-3-5-11(15)14(17)19-2/h6,8,11H,3-5,7,9H2,1-2H3/t11-/m1/s1. The van der Waals surface area contributed by atoms with Crippen LogP contribution in [0.2, 0.25) is 0 Å². The number of hydrogen-bond donors (Lipinski definition) is 0. The Morgan fingerprint density at radius 3 is 2.85 bits per heavy atom. The van der Waals surface area contributed by atoms with Crippen molar-refractivity contribution in [2.45, 2.75) is 31.8 Å². The van der Waals surface area contributed by atoms with Crippen LogP contribution in [0.4, 0.5) is 0 Å². The second-order valence-corrected chi connectivity index (χ2v) is 4.75. The number of methoxy groups -OCH3 is 2. The molecule has 1 aliphatic heterocycles. The Hall–Kier alpha value is -1.82. The van der Waals surface area contributed by atoms with Crippen LogP contribution in [-0.4, -0.2) is 43.6 Å². The molecule has 0 aliphatic carbocycles. The van der Waals surface area contributed by atoms with E-state index in [-0.39, 0.29) is 12.0 Å². The molecule has 1 aromatic rings. The van der Waals surface area contributed by atoms with Gasteiger partial charge in [0, 0.05) is 0 Å². The predicted octanol–water partition coefficient (Wildman–Crippen LogP) is 1.59. The Kier molecular flexibility index (Phi) is 4.79. The van der Waals surface area contributed by atoms with Crippen molar-refractivity contribution in [1.82, 2.24) is 4.90 Å². The van der Waals surface area contributed by atoms with Crippen molar-refractivity contribution < 1.29 is 23.5 Å². The van der Waals surface area contributed by atoms with Crippen molar-refractivity contribution in [3.63, 3.8) is 0 Å². The number of hydrogen-bond acceptors (Lipinski definition) is 6. The summed E-state index contributed by atoms with van der Waals surface area (Å²) < 4.78 is 14.9. The predicted molar refractivity (Wildman–Crippen MR) is 70.1 cm³/mol. The summed E-state index contributed by atoms with van der Waals surface area (Å²) in [6.07, 6.45) is 4.24. The van der Waals surface area contributed by atoms with Gasteiger partial charge in [0.05, 0.1) is 27.0 Å². The monoisotopic (exact) mass is 281 g/mol. The topological polar surface area (TPSA) is 69.0 Å². The first-order valence-corrected chi connectivity index (χ1v) is 6.64. The smallest absolute Gasteiger partial charge is 0.341 e. The van der Waals surface area contributed by atoms with Gasteiger partial charge in [-0.3, -0.25) is 9.69 Å². The van der Waals surface area contributed by atoms with Gasteiger partial charge in [-0.25, -0.2) is 4.79 Å². The molecule has 6 nitrogen and oxygen atoms in total. The lowest BCUT2D eigenvalue weighted by Gasteiger charge is -2.33. The van der Waals surface area contributed by atoms with E-state index in [1.807, 2.05) is 4.90 Å². The molecule has 0 saturated carbocycles. The van der Waals surface area contributed by atoms with E-state index in [9.17, 15) is 9.59 Å². The highest BCUT2D eigenvalue weighted by Crippen LogP contribution is 2.22. The molecule has 1 aromatic heterocycles. The van der Waals surface area contributed by atoms with Crippen LogP contribution in [-0.2, 0) is 20.8 Å². The Balaban J connectivity index is 2.13. The summed E-state index contributed by atoms with van der Waals surface area (Å²) in [4.78, 5) is 25.4. The van der Waals surface area contributed by atoms with Crippen LogP contribution in [0, 0.1) is 0 Å². The average molecular weight is 281 g/mol. The SMILES string of the molecule is COC(=O)c1ccoc1CN1CCCC[C@@H]1C(=O)OC. The Bertz CT molecular complexity index is 482. The molecule has 2 rings (SSSR count). The van der Waals surface area contributed by atoms with Crippen molar-refractivity contribution in [2.24, 2.45) is 0 Å². The summed E-state index contributed by atoms with van der Waals surface area (Å²) >= 11 is 0. The van der Waals surface area contributed by atoms with Crippen LogP contribution in [0.3, 0.4) is 0 Å². The first-order valence-electron chi connectivity index (χ1n) is 6.64. The summed E-state index contributed by atoms with van der Waals surface area (Å²) in [5, 5.41) is 0. The third-order valence-corrected chi connectivity index (χ3v) is 3.58. The van der Waals surface area contributed by atoms with Crippen molar-refractivity contribution in [3.8, 4) is 0 Å². The molecule has 110 valence electrons. The number of esters is 2. The van der Waals surface area contributed by atoms with Gasteiger partial charge < -0.3 is 13.9 Å². The third kappa shape index (κ3) is 3.01. The zero-order valence-corrected chi connectivity index (χ0v) is 11.8. The largest absolute Gasteiger partial charge is 0.468 e. The molecule has 20 heavy (non-hydrogen) atoms. The highest BCUT2D eigenvalue weighted by atomic mass is 16.5. The first-order chi connectivity index (χ1) is 9.67. The number of furan rings is 1. The fourth-order valence-corrected chi connectivity index (χ4v) is 2.52. The van der Waals surface area contributed by atoms with Gasteiger partial charge in [0.2, 0.25) is 0 Å². The van der Waals surface area contributed by atoms with Gasteiger partial charge in [-0.15, -0.1) is 0 Å². The zero-order chi connectivity index (χ0) is 14.5. The van der Waals surface area contributed by atoms with Gasteiger partial charge in [-0.2, -0.15) is 0 Å².